The molecule has 5 rings (SSSR count). The number of nitro benzene ring substituents is 1. The molecule has 0 aliphatic carbocycles. The predicted octanol–water partition coefficient (Wildman–Crippen LogP) is 3.35. The van der Waals surface area contributed by atoms with Crippen molar-refractivity contribution in [3.8, 4) is 5.75 Å². The number of ether oxygens (including phenoxy) is 1. The molecule has 35 heavy (non-hydrogen) atoms. The molecule has 1 atom stereocenters. The summed E-state index contributed by atoms with van der Waals surface area (Å²) in [4.78, 5) is 23.7. The normalized spacial score (nSPS) is 20.1. The minimum atomic E-state index is -0.335. The number of rotatable bonds is 8. The summed E-state index contributed by atoms with van der Waals surface area (Å²) in [6, 6.07) is 13.4. The molecule has 3 aliphatic rings. The fourth-order valence-corrected chi connectivity index (χ4v) is 5.03. The van der Waals surface area contributed by atoms with Gasteiger partial charge in [-0.15, -0.1) is 0 Å². The van der Waals surface area contributed by atoms with Crippen LogP contribution in [0.1, 0.15) is 19.4 Å². The summed E-state index contributed by atoms with van der Waals surface area (Å²) in [5, 5.41) is 11.2. The van der Waals surface area contributed by atoms with Crippen LogP contribution in [0.3, 0.4) is 0 Å². The van der Waals surface area contributed by atoms with E-state index in [9.17, 15) is 10.1 Å². The van der Waals surface area contributed by atoms with Gasteiger partial charge in [0.05, 0.1) is 29.0 Å². The van der Waals surface area contributed by atoms with Crippen molar-refractivity contribution in [1.29, 1.82) is 0 Å². The number of fused-ring (bicyclic) bond motifs is 1. The third-order valence-electron chi connectivity index (χ3n) is 6.74. The van der Waals surface area contributed by atoms with E-state index in [1.54, 1.807) is 12.1 Å². The molecular weight excluding hydrogens is 446 g/mol. The van der Waals surface area contributed by atoms with Gasteiger partial charge < -0.3 is 14.5 Å². The molecule has 0 radical (unpaired) electrons. The van der Waals surface area contributed by atoms with Gasteiger partial charge in [-0.3, -0.25) is 25.3 Å². The first-order valence-corrected chi connectivity index (χ1v) is 12.3. The Morgan fingerprint density at radius 3 is 2.69 bits per heavy atom. The van der Waals surface area contributed by atoms with Crippen molar-refractivity contribution < 1.29 is 14.5 Å². The van der Waals surface area contributed by atoms with Gasteiger partial charge in [0.25, 0.3) is 5.69 Å². The fraction of sp³-hybridized carbons (Fsp3) is 0.462. The highest BCUT2D eigenvalue weighted by atomic mass is 16.7. The molecule has 3 heterocycles. The number of para-hydroxylation sites is 2. The van der Waals surface area contributed by atoms with Crippen LogP contribution in [0.15, 0.2) is 54.2 Å². The lowest BCUT2D eigenvalue weighted by Crippen LogP contribution is -2.48. The molecule has 2 aromatic carbocycles. The van der Waals surface area contributed by atoms with Crippen LogP contribution < -0.4 is 20.0 Å². The number of benzene rings is 2. The van der Waals surface area contributed by atoms with E-state index in [0.29, 0.717) is 6.54 Å². The molecule has 9 heteroatoms. The second-order valence-corrected chi connectivity index (χ2v) is 9.61. The fourth-order valence-electron chi connectivity index (χ4n) is 5.03. The van der Waals surface area contributed by atoms with E-state index < -0.39 is 0 Å². The molecule has 1 unspecified atom stereocenters. The Kier molecular flexibility index (Phi) is 6.79. The molecule has 3 aliphatic heterocycles. The lowest BCUT2D eigenvalue weighted by molar-refractivity contribution is -0.384. The number of anilines is 2. The van der Waals surface area contributed by atoms with Gasteiger partial charge >= 0.3 is 0 Å². The Morgan fingerprint density at radius 2 is 1.91 bits per heavy atom. The van der Waals surface area contributed by atoms with E-state index in [0.717, 1.165) is 74.1 Å². The van der Waals surface area contributed by atoms with Gasteiger partial charge in [0.1, 0.15) is 11.9 Å². The van der Waals surface area contributed by atoms with Gasteiger partial charge in [-0.2, -0.15) is 0 Å². The van der Waals surface area contributed by atoms with Crippen LogP contribution in [0, 0.1) is 10.1 Å². The molecular formula is C26H33N5O4. The zero-order valence-electron chi connectivity index (χ0n) is 20.4. The highest BCUT2D eigenvalue weighted by Gasteiger charge is 2.27. The zero-order chi connectivity index (χ0) is 24.4. The van der Waals surface area contributed by atoms with E-state index in [2.05, 4.69) is 52.2 Å². The van der Waals surface area contributed by atoms with E-state index in [-0.39, 0.29) is 22.8 Å². The minimum Gasteiger partial charge on any atom is -0.489 e. The SMILES string of the molecule is CC(C)Oc1ccccc1N1CCN(CC2C=C(CN3CCc4ccc([N+](=O)[O-])cc43)NO2)CC1. The topological polar surface area (TPSA) is 83.4 Å². The number of piperazine rings is 1. The predicted molar refractivity (Wildman–Crippen MR) is 136 cm³/mol. The van der Waals surface area contributed by atoms with Crippen molar-refractivity contribution in [2.24, 2.45) is 0 Å². The summed E-state index contributed by atoms with van der Waals surface area (Å²) in [7, 11) is 0. The van der Waals surface area contributed by atoms with Crippen molar-refractivity contribution in [1.82, 2.24) is 10.4 Å². The smallest absolute Gasteiger partial charge is 0.271 e. The van der Waals surface area contributed by atoms with E-state index in [1.165, 1.54) is 0 Å². The number of non-ortho nitro benzene ring substituents is 1. The Bertz CT molecular complexity index is 1100. The number of nitrogens with zero attached hydrogens (tertiary/aromatic N) is 4. The lowest BCUT2D eigenvalue weighted by Gasteiger charge is -2.37. The summed E-state index contributed by atoms with van der Waals surface area (Å²) >= 11 is 0. The van der Waals surface area contributed by atoms with Crippen molar-refractivity contribution in [2.75, 3.05) is 55.6 Å². The Balaban J connectivity index is 1.14. The van der Waals surface area contributed by atoms with Crippen LogP contribution in [-0.2, 0) is 11.3 Å². The van der Waals surface area contributed by atoms with Gasteiger partial charge in [0.2, 0.25) is 0 Å². The molecule has 186 valence electrons. The number of hydrogen-bond donors (Lipinski definition) is 1. The number of nitrogens with one attached hydrogen (secondary N) is 1. The summed E-state index contributed by atoms with van der Waals surface area (Å²) in [5.41, 5.74) is 7.49. The zero-order valence-corrected chi connectivity index (χ0v) is 20.4. The van der Waals surface area contributed by atoms with Crippen molar-refractivity contribution >= 4 is 17.1 Å². The van der Waals surface area contributed by atoms with Gasteiger partial charge in [-0.25, -0.2) is 0 Å². The van der Waals surface area contributed by atoms with Crippen LogP contribution >= 0.6 is 0 Å². The van der Waals surface area contributed by atoms with E-state index >= 15 is 0 Å². The third kappa shape index (κ3) is 5.36. The number of hydrogen-bond acceptors (Lipinski definition) is 8. The minimum absolute atomic E-state index is 0.0136. The second kappa shape index (κ2) is 10.1. The highest BCUT2D eigenvalue weighted by Crippen LogP contribution is 2.33. The average Bonchev–Trinajstić information content (AvgIpc) is 3.46. The van der Waals surface area contributed by atoms with Crippen molar-refractivity contribution in [2.45, 2.75) is 32.5 Å². The summed E-state index contributed by atoms with van der Waals surface area (Å²) in [6.45, 7) is 10.3. The molecule has 1 fully saturated rings. The molecule has 0 spiro atoms. The number of hydroxylamine groups is 1. The maximum atomic E-state index is 11.2. The van der Waals surface area contributed by atoms with Gasteiger partial charge in [-0.1, -0.05) is 18.2 Å². The quantitative estimate of drug-likeness (QED) is 0.456. The maximum absolute atomic E-state index is 11.2. The van der Waals surface area contributed by atoms with E-state index in [4.69, 9.17) is 9.57 Å². The summed E-state index contributed by atoms with van der Waals surface area (Å²) in [5.74, 6) is 0.945. The summed E-state index contributed by atoms with van der Waals surface area (Å²) in [6.07, 6.45) is 3.18. The Hall–Kier alpha value is -3.30. The van der Waals surface area contributed by atoms with Crippen LogP contribution in [0.5, 0.6) is 5.75 Å². The molecule has 1 N–H and O–H groups in total. The molecule has 1 saturated heterocycles. The van der Waals surface area contributed by atoms with Crippen molar-refractivity contribution in [3.05, 3.63) is 69.9 Å². The summed E-state index contributed by atoms with van der Waals surface area (Å²) < 4.78 is 6.01. The average molecular weight is 480 g/mol. The van der Waals surface area contributed by atoms with Crippen LogP contribution in [-0.4, -0.2) is 67.8 Å². The first kappa shape index (κ1) is 23.4. The molecule has 0 amide bonds. The maximum Gasteiger partial charge on any atom is 0.271 e. The van der Waals surface area contributed by atoms with Gasteiger partial charge in [-0.05, 0) is 44.0 Å². The molecule has 0 saturated carbocycles. The van der Waals surface area contributed by atoms with Crippen molar-refractivity contribution in [3.63, 3.8) is 0 Å². The standard InChI is InChI=1S/C26H33N5O4/c1-19(2)34-26-6-4-3-5-24(26)29-13-11-28(12-14-29)18-23-15-21(27-35-23)17-30-10-9-20-7-8-22(31(32)33)16-25(20)30/h3-8,15-16,19,23,27H,9-14,17-18H2,1-2H3. The Labute approximate surface area is 206 Å². The van der Waals surface area contributed by atoms with E-state index in [1.807, 2.05) is 18.2 Å². The lowest BCUT2D eigenvalue weighted by atomic mass is 10.1. The van der Waals surface area contributed by atoms with Crippen LogP contribution in [0.4, 0.5) is 17.1 Å². The van der Waals surface area contributed by atoms with Crippen LogP contribution in [0.2, 0.25) is 0 Å². The largest absolute Gasteiger partial charge is 0.489 e. The molecule has 0 aromatic heterocycles. The monoisotopic (exact) mass is 479 g/mol. The van der Waals surface area contributed by atoms with Gasteiger partial charge in [0, 0.05) is 57.1 Å². The first-order chi connectivity index (χ1) is 17.0. The van der Waals surface area contributed by atoms with Gasteiger partial charge in [0.15, 0.2) is 0 Å². The first-order valence-electron chi connectivity index (χ1n) is 12.3. The third-order valence-corrected chi connectivity index (χ3v) is 6.74. The number of nitro groups is 1. The molecule has 9 nitrogen and oxygen atoms in total. The molecule has 0 bridgehead atoms. The second-order valence-electron chi connectivity index (χ2n) is 9.61. The highest BCUT2D eigenvalue weighted by molar-refractivity contribution is 5.63. The van der Waals surface area contributed by atoms with Crippen LogP contribution in [0.25, 0.3) is 0 Å². The molecule has 2 aromatic rings. The Morgan fingerprint density at radius 1 is 1.11 bits per heavy atom.